The van der Waals surface area contributed by atoms with Crippen LogP contribution in [-0.4, -0.2) is 23.8 Å². The van der Waals surface area contributed by atoms with Gasteiger partial charge in [-0.25, -0.2) is 0 Å². The minimum absolute atomic E-state index is 0.234. The van der Waals surface area contributed by atoms with Gasteiger partial charge in [-0.1, -0.05) is 42.3 Å². The van der Waals surface area contributed by atoms with E-state index in [9.17, 15) is 14.4 Å². The maximum Gasteiger partial charge on any atom is 0.279 e. The molecular formula is C26H27N3O4. The van der Waals surface area contributed by atoms with Crippen LogP contribution in [0, 0.1) is 13.8 Å². The van der Waals surface area contributed by atoms with Gasteiger partial charge in [0.2, 0.25) is 0 Å². The number of carbonyl (C=O) groups is 3. The van der Waals surface area contributed by atoms with E-state index in [1.165, 1.54) is 0 Å². The Morgan fingerprint density at radius 3 is 2.12 bits per heavy atom. The number of hydrogen-bond donors (Lipinski definition) is 3. The minimum atomic E-state index is -0.743. The maximum absolute atomic E-state index is 12.4. The summed E-state index contributed by atoms with van der Waals surface area (Å²) < 4.78 is 5.71. The van der Waals surface area contributed by atoms with Crippen LogP contribution in [0.25, 0.3) is 0 Å². The molecule has 0 bridgehead atoms. The lowest BCUT2D eigenvalue weighted by Crippen LogP contribution is -2.47. The number of aryl methyl sites for hydroxylation is 2. The summed E-state index contributed by atoms with van der Waals surface area (Å²) in [5.41, 5.74) is 8.32. The van der Waals surface area contributed by atoms with Crippen LogP contribution < -0.4 is 20.9 Å². The summed E-state index contributed by atoms with van der Waals surface area (Å²) in [6, 6.07) is 21.0. The molecule has 7 heteroatoms. The Kier molecular flexibility index (Phi) is 7.81. The first-order chi connectivity index (χ1) is 15.9. The molecule has 33 heavy (non-hydrogen) atoms. The Bertz CT molecular complexity index is 1130. The normalized spacial score (nSPS) is 11.2. The Morgan fingerprint density at radius 2 is 1.48 bits per heavy atom. The van der Waals surface area contributed by atoms with Crippen LogP contribution in [0.15, 0.2) is 72.8 Å². The summed E-state index contributed by atoms with van der Waals surface area (Å²) in [5.74, 6) is -0.585. The van der Waals surface area contributed by atoms with Gasteiger partial charge < -0.3 is 10.1 Å². The summed E-state index contributed by atoms with van der Waals surface area (Å²) in [4.78, 5) is 37.2. The molecule has 3 amide bonds. The standard InChI is InChI=1S/C26H27N3O4/c1-4-23(33-22-14-8-17(2)9-15-22)26(32)29-28-25(31)19-10-12-21(13-11-19)27-24(30)20-7-5-6-18(3)16-20/h5-16,23H,4H2,1-3H3,(H,27,30)(H,28,31)(H,29,32). The van der Waals surface area contributed by atoms with Crippen molar-refractivity contribution in [3.8, 4) is 5.75 Å². The fourth-order valence-corrected chi connectivity index (χ4v) is 3.07. The second-order valence-corrected chi connectivity index (χ2v) is 7.67. The molecule has 3 aromatic carbocycles. The summed E-state index contributed by atoms with van der Waals surface area (Å²) in [6.07, 6.45) is -0.308. The van der Waals surface area contributed by atoms with E-state index in [4.69, 9.17) is 4.74 Å². The molecule has 3 rings (SSSR count). The summed E-state index contributed by atoms with van der Waals surface area (Å²) in [7, 11) is 0. The molecule has 170 valence electrons. The van der Waals surface area contributed by atoms with E-state index in [2.05, 4.69) is 16.2 Å². The number of amides is 3. The number of ether oxygens (including phenoxy) is 1. The molecule has 0 aromatic heterocycles. The van der Waals surface area contributed by atoms with Crippen LogP contribution in [-0.2, 0) is 4.79 Å². The molecule has 1 unspecified atom stereocenters. The second-order valence-electron chi connectivity index (χ2n) is 7.67. The Hall–Kier alpha value is -4.13. The van der Waals surface area contributed by atoms with E-state index in [-0.39, 0.29) is 5.91 Å². The van der Waals surface area contributed by atoms with E-state index in [0.29, 0.717) is 29.0 Å². The molecule has 0 heterocycles. The minimum Gasteiger partial charge on any atom is -0.481 e. The van der Waals surface area contributed by atoms with E-state index < -0.39 is 17.9 Å². The highest BCUT2D eigenvalue weighted by atomic mass is 16.5. The van der Waals surface area contributed by atoms with Crippen LogP contribution in [0.5, 0.6) is 5.75 Å². The smallest absolute Gasteiger partial charge is 0.279 e. The van der Waals surface area contributed by atoms with E-state index >= 15 is 0 Å². The largest absolute Gasteiger partial charge is 0.481 e. The molecule has 7 nitrogen and oxygen atoms in total. The summed E-state index contributed by atoms with van der Waals surface area (Å²) in [6.45, 7) is 5.71. The van der Waals surface area contributed by atoms with E-state index in [0.717, 1.165) is 11.1 Å². The average Bonchev–Trinajstić information content (AvgIpc) is 2.82. The average molecular weight is 446 g/mol. The Morgan fingerprint density at radius 1 is 0.788 bits per heavy atom. The lowest BCUT2D eigenvalue weighted by atomic mass is 10.1. The van der Waals surface area contributed by atoms with Crippen molar-refractivity contribution in [1.82, 2.24) is 10.9 Å². The van der Waals surface area contributed by atoms with Crippen molar-refractivity contribution in [2.24, 2.45) is 0 Å². The van der Waals surface area contributed by atoms with Crippen LogP contribution in [0.4, 0.5) is 5.69 Å². The zero-order chi connectivity index (χ0) is 23.8. The molecule has 3 N–H and O–H groups in total. The predicted octanol–water partition coefficient (Wildman–Crippen LogP) is 4.17. The fourth-order valence-electron chi connectivity index (χ4n) is 3.07. The molecule has 0 aliphatic rings. The van der Waals surface area contributed by atoms with Crippen molar-refractivity contribution in [3.63, 3.8) is 0 Å². The van der Waals surface area contributed by atoms with Gasteiger partial charge in [-0.3, -0.25) is 25.2 Å². The number of hydrogen-bond acceptors (Lipinski definition) is 4. The molecule has 1 atom stereocenters. The lowest BCUT2D eigenvalue weighted by Gasteiger charge is -2.17. The number of nitrogens with one attached hydrogen (secondary N) is 3. The highest BCUT2D eigenvalue weighted by molar-refractivity contribution is 6.04. The SMILES string of the molecule is CCC(Oc1ccc(C)cc1)C(=O)NNC(=O)c1ccc(NC(=O)c2cccc(C)c2)cc1. The first-order valence-corrected chi connectivity index (χ1v) is 10.7. The maximum atomic E-state index is 12.4. The number of carbonyl (C=O) groups excluding carboxylic acids is 3. The lowest BCUT2D eigenvalue weighted by molar-refractivity contribution is -0.128. The number of benzene rings is 3. The molecular weight excluding hydrogens is 418 g/mol. The van der Waals surface area contributed by atoms with Gasteiger partial charge in [-0.05, 0) is 68.8 Å². The van der Waals surface area contributed by atoms with Gasteiger partial charge in [0.1, 0.15) is 5.75 Å². The van der Waals surface area contributed by atoms with Crippen LogP contribution >= 0.6 is 0 Å². The van der Waals surface area contributed by atoms with E-state index in [1.54, 1.807) is 48.5 Å². The predicted molar refractivity (Wildman–Crippen MR) is 127 cm³/mol. The molecule has 0 aliphatic carbocycles. The van der Waals surface area contributed by atoms with Gasteiger partial charge in [0, 0.05) is 16.8 Å². The summed E-state index contributed by atoms with van der Waals surface area (Å²) >= 11 is 0. The van der Waals surface area contributed by atoms with Crippen molar-refractivity contribution in [3.05, 3.63) is 95.1 Å². The quantitative estimate of drug-likeness (QED) is 0.476. The van der Waals surface area contributed by atoms with Gasteiger partial charge in [0.05, 0.1) is 0 Å². The monoisotopic (exact) mass is 445 g/mol. The van der Waals surface area contributed by atoms with Crippen LogP contribution in [0.1, 0.15) is 45.2 Å². The molecule has 0 aliphatic heterocycles. The topological polar surface area (TPSA) is 96.5 Å². The third kappa shape index (κ3) is 6.67. The fraction of sp³-hybridized carbons (Fsp3) is 0.192. The first kappa shape index (κ1) is 23.5. The number of anilines is 1. The molecule has 3 aromatic rings. The van der Waals surface area contributed by atoms with Gasteiger partial charge in [0.25, 0.3) is 17.7 Å². The highest BCUT2D eigenvalue weighted by Crippen LogP contribution is 2.15. The highest BCUT2D eigenvalue weighted by Gasteiger charge is 2.19. The van der Waals surface area contributed by atoms with Crippen LogP contribution in [0.2, 0.25) is 0 Å². The molecule has 0 saturated heterocycles. The summed E-state index contributed by atoms with van der Waals surface area (Å²) in [5, 5.41) is 2.79. The molecule has 0 radical (unpaired) electrons. The van der Waals surface area contributed by atoms with Crippen LogP contribution in [0.3, 0.4) is 0 Å². The second kappa shape index (κ2) is 10.9. The van der Waals surface area contributed by atoms with Gasteiger partial charge in [-0.15, -0.1) is 0 Å². The van der Waals surface area contributed by atoms with Crippen molar-refractivity contribution < 1.29 is 19.1 Å². The molecule has 0 saturated carbocycles. The van der Waals surface area contributed by atoms with Crippen molar-refractivity contribution in [2.75, 3.05) is 5.32 Å². The van der Waals surface area contributed by atoms with Crippen molar-refractivity contribution >= 4 is 23.4 Å². The molecule has 0 spiro atoms. The van der Waals surface area contributed by atoms with Gasteiger partial charge >= 0.3 is 0 Å². The zero-order valence-electron chi connectivity index (χ0n) is 18.8. The van der Waals surface area contributed by atoms with Gasteiger partial charge in [0.15, 0.2) is 6.10 Å². The van der Waals surface area contributed by atoms with E-state index in [1.807, 2.05) is 45.0 Å². The number of hydrazine groups is 1. The Labute approximate surface area is 193 Å². The third-order valence-electron chi connectivity index (χ3n) is 4.95. The molecule has 0 fully saturated rings. The van der Waals surface area contributed by atoms with Crippen molar-refractivity contribution in [1.29, 1.82) is 0 Å². The number of rotatable bonds is 7. The third-order valence-corrected chi connectivity index (χ3v) is 4.95. The zero-order valence-corrected chi connectivity index (χ0v) is 18.8. The Balaban J connectivity index is 1.52. The van der Waals surface area contributed by atoms with Gasteiger partial charge in [-0.2, -0.15) is 0 Å². The first-order valence-electron chi connectivity index (χ1n) is 10.7. The van der Waals surface area contributed by atoms with Crippen molar-refractivity contribution in [2.45, 2.75) is 33.3 Å².